The highest BCUT2D eigenvalue weighted by Crippen LogP contribution is 2.32. The number of aromatic nitrogens is 4. The summed E-state index contributed by atoms with van der Waals surface area (Å²) in [6.07, 6.45) is 3.61. The number of β-amino-alcohol motifs (C(OH)–C–C–N with tert-alkyl or cyclic N) is 1. The average molecular weight is 347 g/mol. The van der Waals surface area contributed by atoms with E-state index < -0.39 is 5.60 Å². The van der Waals surface area contributed by atoms with Gasteiger partial charge in [-0.15, -0.1) is 5.10 Å². The molecular weight excluding hydrogens is 322 g/mol. The molecule has 2 aromatic rings. The molecule has 1 saturated heterocycles. The number of carbonyl (C=O) groups is 1. The van der Waals surface area contributed by atoms with Crippen LogP contribution in [0.1, 0.15) is 67.2 Å². The highest BCUT2D eigenvalue weighted by Gasteiger charge is 2.40. The van der Waals surface area contributed by atoms with E-state index in [0.29, 0.717) is 48.5 Å². The van der Waals surface area contributed by atoms with Crippen molar-refractivity contribution < 1.29 is 14.4 Å². The summed E-state index contributed by atoms with van der Waals surface area (Å²) >= 11 is 0. The van der Waals surface area contributed by atoms with E-state index >= 15 is 0 Å². The first-order valence-corrected chi connectivity index (χ1v) is 8.75. The maximum atomic E-state index is 13.0. The van der Waals surface area contributed by atoms with E-state index in [2.05, 4.69) is 15.5 Å². The van der Waals surface area contributed by atoms with Crippen LogP contribution in [0, 0.1) is 6.92 Å². The predicted molar refractivity (Wildman–Crippen MR) is 90.1 cm³/mol. The minimum absolute atomic E-state index is 0.148. The van der Waals surface area contributed by atoms with Crippen molar-refractivity contribution >= 4 is 5.91 Å². The summed E-state index contributed by atoms with van der Waals surface area (Å²) in [5.41, 5.74) is 0.425. The van der Waals surface area contributed by atoms with Crippen LogP contribution >= 0.6 is 0 Å². The van der Waals surface area contributed by atoms with Crippen LogP contribution in [0.3, 0.4) is 0 Å². The van der Waals surface area contributed by atoms with Gasteiger partial charge in [0.25, 0.3) is 5.91 Å². The van der Waals surface area contributed by atoms with E-state index in [-0.39, 0.29) is 18.5 Å². The van der Waals surface area contributed by atoms with Crippen LogP contribution < -0.4 is 0 Å². The normalized spacial score (nSPS) is 21.1. The molecule has 3 rings (SSSR count). The van der Waals surface area contributed by atoms with E-state index in [1.54, 1.807) is 22.7 Å². The molecule has 8 nitrogen and oxygen atoms in total. The molecule has 0 bridgehead atoms. The van der Waals surface area contributed by atoms with Gasteiger partial charge in [0, 0.05) is 19.0 Å². The van der Waals surface area contributed by atoms with Crippen molar-refractivity contribution in [2.24, 2.45) is 0 Å². The molecule has 3 heterocycles. The number of carbonyl (C=O) groups excluding carboxylic acids is 1. The minimum Gasteiger partial charge on any atom is -0.382 e. The van der Waals surface area contributed by atoms with Gasteiger partial charge in [0.05, 0.1) is 18.4 Å². The van der Waals surface area contributed by atoms with Crippen molar-refractivity contribution in [1.82, 2.24) is 25.1 Å². The molecule has 2 aromatic heterocycles. The van der Waals surface area contributed by atoms with E-state index in [4.69, 9.17) is 4.52 Å². The Kier molecular flexibility index (Phi) is 4.64. The zero-order valence-electron chi connectivity index (χ0n) is 15.2. The van der Waals surface area contributed by atoms with Crippen molar-refractivity contribution in [3.05, 3.63) is 28.9 Å². The van der Waals surface area contributed by atoms with Gasteiger partial charge in [-0.2, -0.15) is 0 Å². The first-order valence-electron chi connectivity index (χ1n) is 8.75. The smallest absolute Gasteiger partial charge is 0.259 e. The SMILES string of the molecule is CCc1onc(C)c1C(=O)N1CCC[C@](O)(c2cn(C(C)C)nn2)C1. The second kappa shape index (κ2) is 6.59. The highest BCUT2D eigenvalue weighted by molar-refractivity contribution is 5.96. The molecule has 1 aliphatic rings. The van der Waals surface area contributed by atoms with Crippen LogP contribution in [0.2, 0.25) is 0 Å². The Morgan fingerprint density at radius 1 is 1.48 bits per heavy atom. The second-order valence-corrected chi connectivity index (χ2v) is 6.96. The van der Waals surface area contributed by atoms with Crippen LogP contribution in [0.5, 0.6) is 0 Å². The Labute approximate surface area is 146 Å². The maximum absolute atomic E-state index is 13.0. The van der Waals surface area contributed by atoms with Gasteiger partial charge in [0.2, 0.25) is 0 Å². The van der Waals surface area contributed by atoms with Crippen molar-refractivity contribution in [2.45, 2.75) is 58.6 Å². The standard InChI is InChI=1S/C17H25N5O3/c1-5-13-15(12(4)19-25-13)16(23)21-8-6-7-17(24,10-21)14-9-22(11(2)3)20-18-14/h9,11,24H,5-8,10H2,1-4H3/t17-/m1/s1. The largest absolute Gasteiger partial charge is 0.382 e. The fraction of sp³-hybridized carbons (Fsp3) is 0.647. The minimum atomic E-state index is -1.18. The van der Waals surface area contributed by atoms with Gasteiger partial charge in [-0.3, -0.25) is 4.79 Å². The van der Waals surface area contributed by atoms with Crippen LogP contribution in [0.4, 0.5) is 0 Å². The molecule has 0 aliphatic carbocycles. The first-order chi connectivity index (χ1) is 11.9. The summed E-state index contributed by atoms with van der Waals surface area (Å²) in [7, 11) is 0. The third kappa shape index (κ3) is 3.18. The van der Waals surface area contributed by atoms with E-state index in [9.17, 15) is 9.90 Å². The molecule has 0 saturated carbocycles. The molecule has 136 valence electrons. The van der Waals surface area contributed by atoms with Crippen molar-refractivity contribution in [2.75, 3.05) is 13.1 Å². The zero-order valence-corrected chi connectivity index (χ0v) is 15.2. The summed E-state index contributed by atoms with van der Waals surface area (Å²) in [6.45, 7) is 8.47. The number of rotatable bonds is 4. The van der Waals surface area contributed by atoms with Gasteiger partial charge >= 0.3 is 0 Å². The third-order valence-corrected chi connectivity index (χ3v) is 4.74. The van der Waals surface area contributed by atoms with E-state index in [1.807, 2.05) is 20.8 Å². The molecule has 0 aromatic carbocycles. The zero-order chi connectivity index (χ0) is 18.2. The van der Waals surface area contributed by atoms with Crippen LogP contribution in [-0.4, -0.2) is 49.2 Å². The van der Waals surface area contributed by atoms with Crippen LogP contribution in [0.25, 0.3) is 0 Å². The number of amides is 1. The molecule has 1 fully saturated rings. The predicted octanol–water partition coefficient (Wildman–Crippen LogP) is 1.84. The van der Waals surface area contributed by atoms with Crippen molar-refractivity contribution in [1.29, 1.82) is 0 Å². The molecular formula is C17H25N5O3. The Bertz CT molecular complexity index is 766. The van der Waals surface area contributed by atoms with Gasteiger partial charge in [0.1, 0.15) is 22.6 Å². The Morgan fingerprint density at radius 2 is 2.24 bits per heavy atom. The monoisotopic (exact) mass is 347 g/mol. The van der Waals surface area contributed by atoms with Gasteiger partial charge < -0.3 is 14.5 Å². The van der Waals surface area contributed by atoms with E-state index in [1.165, 1.54) is 0 Å². The molecule has 1 amide bonds. The Morgan fingerprint density at radius 3 is 2.88 bits per heavy atom. The number of hydrogen-bond donors (Lipinski definition) is 1. The molecule has 1 atom stereocenters. The Hall–Kier alpha value is -2.22. The number of likely N-dealkylation sites (tertiary alicyclic amines) is 1. The summed E-state index contributed by atoms with van der Waals surface area (Å²) in [6, 6.07) is 0.165. The summed E-state index contributed by atoms with van der Waals surface area (Å²) in [5.74, 6) is 0.437. The molecule has 0 spiro atoms. The average Bonchev–Trinajstić information content (AvgIpc) is 3.21. The number of nitrogens with zero attached hydrogens (tertiary/aromatic N) is 5. The van der Waals surface area contributed by atoms with Gasteiger partial charge in [-0.1, -0.05) is 17.3 Å². The van der Waals surface area contributed by atoms with E-state index in [0.717, 1.165) is 0 Å². The highest BCUT2D eigenvalue weighted by atomic mass is 16.5. The molecule has 25 heavy (non-hydrogen) atoms. The molecule has 0 unspecified atom stereocenters. The van der Waals surface area contributed by atoms with Crippen molar-refractivity contribution in [3.8, 4) is 0 Å². The van der Waals surface area contributed by atoms with Gasteiger partial charge in [-0.25, -0.2) is 4.68 Å². The first kappa shape index (κ1) is 17.6. The maximum Gasteiger partial charge on any atom is 0.259 e. The topological polar surface area (TPSA) is 97.3 Å². The van der Waals surface area contributed by atoms with Gasteiger partial charge in [-0.05, 0) is 33.6 Å². The van der Waals surface area contributed by atoms with Crippen molar-refractivity contribution in [3.63, 3.8) is 0 Å². The molecule has 1 aliphatic heterocycles. The summed E-state index contributed by atoms with van der Waals surface area (Å²) in [4.78, 5) is 14.6. The molecule has 1 N–H and O–H groups in total. The summed E-state index contributed by atoms with van der Waals surface area (Å²) < 4.78 is 6.95. The molecule has 0 radical (unpaired) electrons. The number of aliphatic hydroxyl groups is 1. The van der Waals surface area contributed by atoms with Crippen LogP contribution in [-0.2, 0) is 12.0 Å². The van der Waals surface area contributed by atoms with Gasteiger partial charge in [0.15, 0.2) is 0 Å². The number of hydrogen-bond acceptors (Lipinski definition) is 6. The lowest BCUT2D eigenvalue weighted by Gasteiger charge is -2.38. The lowest BCUT2D eigenvalue weighted by atomic mass is 9.89. The second-order valence-electron chi connectivity index (χ2n) is 6.96. The summed E-state index contributed by atoms with van der Waals surface area (Å²) in [5, 5.41) is 23.2. The third-order valence-electron chi connectivity index (χ3n) is 4.74. The number of aryl methyl sites for hydroxylation is 2. The number of piperidine rings is 1. The molecule has 8 heteroatoms. The lowest BCUT2D eigenvalue weighted by Crippen LogP contribution is -2.49. The fourth-order valence-corrected chi connectivity index (χ4v) is 3.25. The quantitative estimate of drug-likeness (QED) is 0.906. The lowest BCUT2D eigenvalue weighted by molar-refractivity contribution is -0.0321. The Balaban J connectivity index is 1.84. The fourth-order valence-electron chi connectivity index (χ4n) is 3.25. The van der Waals surface area contributed by atoms with Crippen LogP contribution in [0.15, 0.2) is 10.7 Å².